The monoisotopic (exact) mass is 454 g/mol. The van der Waals surface area contributed by atoms with E-state index in [1.165, 1.54) is 0 Å². The standard InChI is InChI=1S/C26H34N2O5/c1-4-5-14-27-26(30)19(2)28(18-21-6-10-22(31-3)11-7-21)25(29)13-9-20-8-12-23-24(17-20)33-16-15-32-23/h6-8,10-12,17,19H,4-5,9,13-16,18H2,1-3H3,(H,27,30). The van der Waals surface area contributed by atoms with Gasteiger partial charge in [0.05, 0.1) is 7.11 Å². The van der Waals surface area contributed by atoms with Crippen molar-refractivity contribution in [3.8, 4) is 17.2 Å². The average Bonchev–Trinajstić information content (AvgIpc) is 2.85. The van der Waals surface area contributed by atoms with E-state index >= 15 is 0 Å². The minimum Gasteiger partial charge on any atom is -0.497 e. The number of methoxy groups -OCH3 is 1. The van der Waals surface area contributed by atoms with E-state index in [-0.39, 0.29) is 11.8 Å². The molecule has 0 aliphatic carbocycles. The van der Waals surface area contributed by atoms with Crippen molar-refractivity contribution >= 4 is 11.8 Å². The lowest BCUT2D eigenvalue weighted by molar-refractivity contribution is -0.140. The lowest BCUT2D eigenvalue weighted by atomic mass is 10.1. The van der Waals surface area contributed by atoms with Gasteiger partial charge in [-0.05, 0) is 55.2 Å². The molecule has 1 atom stereocenters. The van der Waals surface area contributed by atoms with Gasteiger partial charge in [0.2, 0.25) is 11.8 Å². The Balaban J connectivity index is 1.69. The Labute approximate surface area is 196 Å². The van der Waals surface area contributed by atoms with Gasteiger partial charge in [-0.15, -0.1) is 0 Å². The van der Waals surface area contributed by atoms with Gasteiger partial charge in [0.1, 0.15) is 25.0 Å². The molecule has 0 spiro atoms. The number of nitrogens with zero attached hydrogens (tertiary/aromatic N) is 1. The van der Waals surface area contributed by atoms with Crippen LogP contribution in [0.2, 0.25) is 0 Å². The molecule has 0 aromatic heterocycles. The zero-order chi connectivity index (χ0) is 23.6. The van der Waals surface area contributed by atoms with Gasteiger partial charge in [-0.2, -0.15) is 0 Å². The Kier molecular flexibility index (Phi) is 8.98. The first-order valence-corrected chi connectivity index (χ1v) is 11.6. The number of aryl methyl sites for hydroxylation is 1. The number of rotatable bonds is 11. The average molecular weight is 455 g/mol. The van der Waals surface area contributed by atoms with Crippen molar-refractivity contribution in [2.75, 3.05) is 26.9 Å². The van der Waals surface area contributed by atoms with E-state index in [0.29, 0.717) is 44.9 Å². The van der Waals surface area contributed by atoms with Crippen LogP contribution in [0.15, 0.2) is 42.5 Å². The van der Waals surface area contributed by atoms with E-state index in [0.717, 1.165) is 35.5 Å². The van der Waals surface area contributed by atoms with Crippen molar-refractivity contribution in [2.45, 2.75) is 52.1 Å². The highest BCUT2D eigenvalue weighted by Crippen LogP contribution is 2.31. The number of carbonyl (C=O) groups excluding carboxylic acids is 2. The number of amides is 2. The number of benzene rings is 2. The van der Waals surface area contributed by atoms with Crippen molar-refractivity contribution in [1.29, 1.82) is 0 Å². The predicted octanol–water partition coefficient (Wildman–Crippen LogP) is 3.73. The maximum atomic E-state index is 13.3. The summed E-state index contributed by atoms with van der Waals surface area (Å²) in [5.74, 6) is 1.99. The highest BCUT2D eigenvalue weighted by Gasteiger charge is 2.26. The fourth-order valence-electron chi connectivity index (χ4n) is 3.68. The Hall–Kier alpha value is -3.22. The van der Waals surface area contributed by atoms with E-state index in [1.807, 2.05) is 42.5 Å². The maximum absolute atomic E-state index is 13.3. The molecule has 0 saturated heterocycles. The van der Waals surface area contributed by atoms with Gasteiger partial charge < -0.3 is 24.4 Å². The van der Waals surface area contributed by atoms with Crippen LogP contribution in [0.25, 0.3) is 0 Å². The van der Waals surface area contributed by atoms with Gasteiger partial charge in [-0.1, -0.05) is 31.5 Å². The lowest BCUT2D eigenvalue weighted by Crippen LogP contribution is -2.47. The number of unbranched alkanes of at least 4 members (excludes halogenated alkanes) is 1. The maximum Gasteiger partial charge on any atom is 0.242 e. The molecule has 0 radical (unpaired) electrons. The Morgan fingerprint density at radius 3 is 2.45 bits per heavy atom. The van der Waals surface area contributed by atoms with Crippen molar-refractivity contribution in [3.05, 3.63) is 53.6 Å². The first kappa shape index (κ1) is 24.4. The van der Waals surface area contributed by atoms with E-state index < -0.39 is 6.04 Å². The minimum absolute atomic E-state index is 0.0705. The summed E-state index contributed by atoms with van der Waals surface area (Å²) in [6.07, 6.45) is 2.76. The van der Waals surface area contributed by atoms with Crippen LogP contribution in [0.3, 0.4) is 0 Å². The van der Waals surface area contributed by atoms with Crippen LogP contribution in [0.4, 0.5) is 0 Å². The molecular weight excluding hydrogens is 420 g/mol. The zero-order valence-electron chi connectivity index (χ0n) is 19.8. The quantitative estimate of drug-likeness (QED) is 0.524. The Morgan fingerprint density at radius 1 is 1.06 bits per heavy atom. The molecule has 1 heterocycles. The van der Waals surface area contributed by atoms with Gasteiger partial charge >= 0.3 is 0 Å². The van der Waals surface area contributed by atoms with Gasteiger partial charge in [-0.25, -0.2) is 0 Å². The van der Waals surface area contributed by atoms with Crippen LogP contribution in [-0.2, 0) is 22.6 Å². The van der Waals surface area contributed by atoms with Crippen LogP contribution in [-0.4, -0.2) is 49.6 Å². The smallest absolute Gasteiger partial charge is 0.242 e. The molecule has 3 rings (SSSR count). The van der Waals surface area contributed by atoms with Crippen LogP contribution in [0, 0.1) is 0 Å². The van der Waals surface area contributed by atoms with Crippen LogP contribution in [0.1, 0.15) is 44.2 Å². The molecule has 2 amide bonds. The molecule has 0 bridgehead atoms. The van der Waals surface area contributed by atoms with Gasteiger partial charge in [-0.3, -0.25) is 9.59 Å². The molecule has 33 heavy (non-hydrogen) atoms. The number of hydrogen-bond acceptors (Lipinski definition) is 5. The summed E-state index contributed by atoms with van der Waals surface area (Å²) in [7, 11) is 1.62. The Bertz CT molecular complexity index is 929. The molecule has 7 nitrogen and oxygen atoms in total. The summed E-state index contributed by atoms with van der Waals surface area (Å²) in [5, 5.41) is 2.95. The molecule has 2 aromatic rings. The van der Waals surface area contributed by atoms with Crippen molar-refractivity contribution < 1.29 is 23.8 Å². The normalized spacial score (nSPS) is 13.2. The van der Waals surface area contributed by atoms with Crippen LogP contribution >= 0.6 is 0 Å². The third-order valence-corrected chi connectivity index (χ3v) is 5.74. The van der Waals surface area contributed by atoms with Crippen molar-refractivity contribution in [2.24, 2.45) is 0 Å². The van der Waals surface area contributed by atoms with E-state index in [9.17, 15) is 9.59 Å². The first-order chi connectivity index (χ1) is 16.0. The second kappa shape index (κ2) is 12.1. The van der Waals surface area contributed by atoms with Gasteiger partial charge in [0.15, 0.2) is 11.5 Å². The summed E-state index contributed by atoms with van der Waals surface area (Å²) < 4.78 is 16.4. The van der Waals surface area contributed by atoms with Crippen LogP contribution < -0.4 is 19.5 Å². The molecule has 2 aromatic carbocycles. The van der Waals surface area contributed by atoms with E-state index in [2.05, 4.69) is 12.2 Å². The second-order valence-electron chi connectivity index (χ2n) is 8.17. The van der Waals surface area contributed by atoms with Crippen molar-refractivity contribution in [3.63, 3.8) is 0 Å². The molecule has 0 saturated carbocycles. The molecule has 1 N–H and O–H groups in total. The fraction of sp³-hybridized carbons (Fsp3) is 0.462. The number of carbonyl (C=O) groups is 2. The SMILES string of the molecule is CCCCNC(=O)C(C)N(Cc1ccc(OC)cc1)C(=O)CCc1ccc2c(c1)OCCO2. The highest BCUT2D eigenvalue weighted by atomic mass is 16.6. The minimum atomic E-state index is -0.572. The fourth-order valence-corrected chi connectivity index (χ4v) is 3.68. The third-order valence-electron chi connectivity index (χ3n) is 5.74. The summed E-state index contributed by atoms with van der Waals surface area (Å²) in [4.78, 5) is 27.7. The van der Waals surface area contributed by atoms with Gasteiger partial charge in [0.25, 0.3) is 0 Å². The second-order valence-corrected chi connectivity index (χ2v) is 8.17. The van der Waals surface area contributed by atoms with E-state index in [4.69, 9.17) is 14.2 Å². The molecule has 178 valence electrons. The summed E-state index contributed by atoms with van der Waals surface area (Å²) >= 11 is 0. The highest BCUT2D eigenvalue weighted by molar-refractivity contribution is 5.87. The largest absolute Gasteiger partial charge is 0.497 e. The number of nitrogens with one attached hydrogen (secondary N) is 1. The van der Waals surface area contributed by atoms with E-state index in [1.54, 1.807) is 18.9 Å². The molecule has 1 unspecified atom stereocenters. The molecular formula is C26H34N2O5. The molecule has 7 heteroatoms. The number of hydrogen-bond donors (Lipinski definition) is 1. The summed E-state index contributed by atoms with van der Waals surface area (Å²) in [6, 6.07) is 12.7. The third kappa shape index (κ3) is 6.88. The Morgan fingerprint density at radius 2 is 1.76 bits per heavy atom. The van der Waals surface area contributed by atoms with Crippen LogP contribution in [0.5, 0.6) is 17.2 Å². The zero-order valence-corrected chi connectivity index (χ0v) is 19.8. The topological polar surface area (TPSA) is 77.1 Å². The number of ether oxygens (including phenoxy) is 3. The first-order valence-electron chi connectivity index (χ1n) is 11.6. The summed E-state index contributed by atoms with van der Waals surface area (Å²) in [5.41, 5.74) is 1.94. The summed E-state index contributed by atoms with van der Waals surface area (Å²) in [6.45, 7) is 5.90. The van der Waals surface area contributed by atoms with Crippen molar-refractivity contribution in [1.82, 2.24) is 10.2 Å². The van der Waals surface area contributed by atoms with Gasteiger partial charge in [0, 0.05) is 19.5 Å². The number of fused-ring (bicyclic) bond motifs is 1. The molecule has 1 aliphatic heterocycles. The predicted molar refractivity (Wildman–Crippen MR) is 127 cm³/mol. The lowest BCUT2D eigenvalue weighted by Gasteiger charge is -2.29. The molecule has 0 fully saturated rings. The molecule has 1 aliphatic rings.